The number of halogens is 1. The third-order valence-corrected chi connectivity index (χ3v) is 3.24. The summed E-state index contributed by atoms with van der Waals surface area (Å²) in [7, 11) is 1.76. The number of hydrogen-bond acceptors (Lipinski definition) is 5. The highest BCUT2D eigenvalue weighted by molar-refractivity contribution is 6.00. The molecule has 1 aromatic carbocycles. The van der Waals surface area contributed by atoms with E-state index in [4.69, 9.17) is 5.73 Å². The van der Waals surface area contributed by atoms with Gasteiger partial charge in [0.05, 0.1) is 5.54 Å². The van der Waals surface area contributed by atoms with E-state index in [1.807, 2.05) is 24.3 Å². The number of nitrogens with one attached hydrogen (secondary N) is 1. The van der Waals surface area contributed by atoms with Gasteiger partial charge in [-0.15, -0.1) is 17.5 Å². The van der Waals surface area contributed by atoms with E-state index in [-0.39, 0.29) is 18.3 Å². The highest BCUT2D eigenvalue weighted by Crippen LogP contribution is 2.33. The number of nitrogens with two attached hydrogens (primary N) is 1. The van der Waals surface area contributed by atoms with Crippen LogP contribution in [0.3, 0.4) is 0 Å². The van der Waals surface area contributed by atoms with Crippen molar-refractivity contribution in [2.45, 2.75) is 18.4 Å². The normalized spacial score (nSPS) is 15.3. The first-order valence-corrected chi connectivity index (χ1v) is 6.02. The second kappa shape index (κ2) is 5.18. The van der Waals surface area contributed by atoms with Crippen LogP contribution in [0.15, 0.2) is 24.3 Å². The molecule has 0 saturated heterocycles. The molecule has 1 aliphatic carbocycles. The van der Waals surface area contributed by atoms with Crippen LogP contribution in [0.5, 0.6) is 0 Å². The van der Waals surface area contributed by atoms with E-state index in [0.717, 1.165) is 18.4 Å². The number of hydrogen-bond donors (Lipinski definition) is 2. The molecule has 20 heavy (non-hydrogen) atoms. The Morgan fingerprint density at radius 1 is 1.45 bits per heavy atom. The molecule has 1 saturated carbocycles. The number of carbonyl (C=O) groups excluding carboxylic acids is 1. The van der Waals surface area contributed by atoms with Gasteiger partial charge in [-0.1, -0.05) is 12.1 Å². The lowest BCUT2D eigenvalue weighted by Gasteiger charge is -2.10. The van der Waals surface area contributed by atoms with Crippen molar-refractivity contribution in [3.05, 3.63) is 24.3 Å². The van der Waals surface area contributed by atoms with Crippen molar-refractivity contribution in [3.63, 3.8) is 0 Å². The first-order chi connectivity index (χ1) is 9.08. The summed E-state index contributed by atoms with van der Waals surface area (Å²) in [5.41, 5.74) is 6.70. The van der Waals surface area contributed by atoms with Gasteiger partial charge in [0.2, 0.25) is 5.91 Å². The van der Waals surface area contributed by atoms with E-state index in [1.54, 1.807) is 11.7 Å². The third-order valence-electron chi connectivity index (χ3n) is 3.24. The number of anilines is 1. The highest BCUT2D eigenvalue weighted by Gasteiger charge is 2.45. The first-order valence-electron chi connectivity index (χ1n) is 6.02. The summed E-state index contributed by atoms with van der Waals surface area (Å²) >= 11 is 0. The fraction of sp³-hybridized carbons (Fsp3) is 0.333. The molecule has 1 fully saturated rings. The second-order valence-corrected chi connectivity index (χ2v) is 4.82. The maximum Gasteiger partial charge on any atom is 0.244 e. The molecule has 0 aliphatic heterocycles. The smallest absolute Gasteiger partial charge is 0.244 e. The summed E-state index contributed by atoms with van der Waals surface area (Å²) in [6.07, 6.45) is 1.48. The van der Waals surface area contributed by atoms with Crippen LogP contribution in [-0.4, -0.2) is 31.7 Å². The van der Waals surface area contributed by atoms with Gasteiger partial charge in [0.15, 0.2) is 5.82 Å². The van der Waals surface area contributed by atoms with Crippen molar-refractivity contribution >= 4 is 24.0 Å². The Kier molecular flexibility index (Phi) is 3.74. The van der Waals surface area contributed by atoms with E-state index < -0.39 is 5.54 Å². The molecule has 1 aromatic heterocycles. The molecule has 8 heteroatoms. The Morgan fingerprint density at radius 3 is 2.80 bits per heavy atom. The lowest BCUT2D eigenvalue weighted by Crippen LogP contribution is -2.37. The van der Waals surface area contributed by atoms with E-state index in [1.165, 1.54) is 0 Å². The zero-order valence-electron chi connectivity index (χ0n) is 10.9. The number of benzene rings is 1. The third kappa shape index (κ3) is 2.63. The standard InChI is InChI=1S/C12H14N6O.ClH/c1-18-10(15-16-17-18)8-3-2-4-9(7-8)14-11(19)12(13)5-6-12;/h2-4,7H,5-6,13H2,1H3,(H,14,19);1H. The zero-order chi connectivity index (χ0) is 13.5. The Morgan fingerprint density at radius 2 is 2.20 bits per heavy atom. The van der Waals surface area contributed by atoms with E-state index in [2.05, 4.69) is 20.8 Å². The van der Waals surface area contributed by atoms with Gasteiger partial charge in [0.25, 0.3) is 0 Å². The number of rotatable bonds is 3. The lowest BCUT2D eigenvalue weighted by atomic mass is 10.1. The van der Waals surface area contributed by atoms with Gasteiger partial charge in [-0.3, -0.25) is 4.79 Å². The average molecular weight is 295 g/mol. The van der Waals surface area contributed by atoms with E-state index in [9.17, 15) is 4.79 Å². The van der Waals surface area contributed by atoms with Gasteiger partial charge in [-0.25, -0.2) is 4.68 Å². The van der Waals surface area contributed by atoms with E-state index >= 15 is 0 Å². The second-order valence-electron chi connectivity index (χ2n) is 4.82. The van der Waals surface area contributed by atoms with Crippen molar-refractivity contribution in [3.8, 4) is 11.4 Å². The van der Waals surface area contributed by atoms with Crippen molar-refractivity contribution in [1.82, 2.24) is 20.2 Å². The van der Waals surface area contributed by atoms with Gasteiger partial charge in [-0.2, -0.15) is 0 Å². The van der Waals surface area contributed by atoms with Crippen molar-refractivity contribution < 1.29 is 4.79 Å². The Bertz CT molecular complexity index is 636. The Hall–Kier alpha value is -1.99. The minimum Gasteiger partial charge on any atom is -0.324 e. The van der Waals surface area contributed by atoms with Gasteiger partial charge in [0, 0.05) is 18.3 Å². The molecule has 3 N–H and O–H groups in total. The van der Waals surface area contributed by atoms with Crippen LogP contribution in [0.1, 0.15) is 12.8 Å². The first kappa shape index (κ1) is 14.4. The number of aromatic nitrogens is 4. The molecule has 7 nitrogen and oxygen atoms in total. The quantitative estimate of drug-likeness (QED) is 0.869. The molecule has 0 radical (unpaired) electrons. The van der Waals surface area contributed by atoms with Crippen LogP contribution in [0.4, 0.5) is 5.69 Å². The van der Waals surface area contributed by atoms with Crippen molar-refractivity contribution in [2.24, 2.45) is 12.8 Å². The maximum absolute atomic E-state index is 11.9. The Labute approximate surface area is 121 Å². The lowest BCUT2D eigenvalue weighted by molar-refractivity contribution is -0.118. The highest BCUT2D eigenvalue weighted by atomic mass is 35.5. The molecular formula is C12H15ClN6O. The molecule has 0 unspecified atom stereocenters. The van der Waals surface area contributed by atoms with Crippen LogP contribution < -0.4 is 11.1 Å². The summed E-state index contributed by atoms with van der Waals surface area (Å²) in [6.45, 7) is 0. The fourth-order valence-electron chi connectivity index (χ4n) is 1.83. The van der Waals surface area contributed by atoms with Crippen LogP contribution in [0.25, 0.3) is 11.4 Å². The number of tetrazole rings is 1. The summed E-state index contributed by atoms with van der Waals surface area (Å²) in [5, 5.41) is 14.1. The van der Waals surface area contributed by atoms with Gasteiger partial charge >= 0.3 is 0 Å². The molecule has 0 spiro atoms. The molecular weight excluding hydrogens is 280 g/mol. The van der Waals surface area contributed by atoms with Gasteiger partial charge in [-0.05, 0) is 35.4 Å². The predicted octanol–water partition coefficient (Wildman–Crippen LogP) is 0.729. The van der Waals surface area contributed by atoms with Crippen LogP contribution in [0.2, 0.25) is 0 Å². The maximum atomic E-state index is 11.9. The Balaban J connectivity index is 0.00000147. The number of aryl methyl sites for hydroxylation is 1. The van der Waals surface area contributed by atoms with Crippen molar-refractivity contribution in [2.75, 3.05) is 5.32 Å². The fourth-order valence-corrected chi connectivity index (χ4v) is 1.83. The molecule has 1 aliphatic rings. The molecule has 0 atom stereocenters. The average Bonchev–Trinajstić information content (AvgIpc) is 3.00. The van der Waals surface area contributed by atoms with Crippen LogP contribution in [0, 0.1) is 0 Å². The topological polar surface area (TPSA) is 98.7 Å². The summed E-state index contributed by atoms with van der Waals surface area (Å²) < 4.78 is 1.58. The van der Waals surface area contributed by atoms with Gasteiger partial charge in [0.1, 0.15) is 0 Å². The number of carbonyl (C=O) groups is 1. The predicted molar refractivity (Wildman–Crippen MR) is 76.3 cm³/mol. The van der Waals surface area contributed by atoms with Crippen LogP contribution >= 0.6 is 12.4 Å². The minimum absolute atomic E-state index is 0. The van der Waals surface area contributed by atoms with Crippen molar-refractivity contribution in [1.29, 1.82) is 0 Å². The molecule has 1 amide bonds. The monoisotopic (exact) mass is 294 g/mol. The van der Waals surface area contributed by atoms with Gasteiger partial charge < -0.3 is 11.1 Å². The number of nitrogens with zero attached hydrogens (tertiary/aromatic N) is 4. The molecule has 1 heterocycles. The van der Waals surface area contributed by atoms with E-state index in [0.29, 0.717) is 11.5 Å². The summed E-state index contributed by atoms with van der Waals surface area (Å²) in [6, 6.07) is 7.37. The summed E-state index contributed by atoms with van der Waals surface area (Å²) in [5.74, 6) is 0.505. The SMILES string of the molecule is Cl.Cn1nnnc1-c1cccc(NC(=O)C2(N)CC2)c1. The van der Waals surface area contributed by atoms with Crippen LogP contribution in [-0.2, 0) is 11.8 Å². The molecule has 0 bridgehead atoms. The largest absolute Gasteiger partial charge is 0.324 e. The molecule has 2 aromatic rings. The summed E-state index contributed by atoms with van der Waals surface area (Å²) in [4.78, 5) is 11.9. The number of amides is 1. The zero-order valence-corrected chi connectivity index (χ0v) is 11.7. The molecule has 3 rings (SSSR count). The molecule has 106 valence electrons. The minimum atomic E-state index is -0.678.